The zero-order valence-corrected chi connectivity index (χ0v) is 12.6. The smallest absolute Gasteiger partial charge is 0.246 e. The molecule has 1 amide bonds. The number of carbonyl (C=O) groups is 1. The number of carbonyl (C=O) groups excluding carboxylic acids is 1. The maximum Gasteiger partial charge on any atom is 0.246 e. The largest absolute Gasteiger partial charge is 0.355 e. The number of nitrogens with one attached hydrogen (secondary N) is 1. The molecule has 1 aromatic rings. The van der Waals surface area contributed by atoms with Crippen molar-refractivity contribution in [1.82, 2.24) is 19.4 Å². The van der Waals surface area contributed by atoms with Gasteiger partial charge in [0.1, 0.15) is 4.90 Å². The zero-order chi connectivity index (χ0) is 14.7. The lowest BCUT2D eigenvalue weighted by molar-refractivity contribution is -0.122. The van der Waals surface area contributed by atoms with Gasteiger partial charge in [0.05, 0.1) is 17.3 Å². The van der Waals surface area contributed by atoms with Crippen molar-refractivity contribution in [3.05, 3.63) is 11.4 Å². The Labute approximate surface area is 118 Å². The van der Waals surface area contributed by atoms with Crippen molar-refractivity contribution in [2.45, 2.75) is 18.7 Å². The Morgan fingerprint density at radius 2 is 2.00 bits per heavy atom. The molecule has 3 heterocycles. The molecule has 1 aromatic heterocycles. The Hall–Kier alpha value is -1.41. The number of fused-ring (bicyclic) bond motifs is 1. The van der Waals surface area contributed by atoms with E-state index in [0.29, 0.717) is 24.5 Å². The summed E-state index contributed by atoms with van der Waals surface area (Å²) in [4.78, 5) is 11.9. The van der Waals surface area contributed by atoms with Gasteiger partial charge >= 0.3 is 0 Å². The first-order valence-electron chi connectivity index (χ1n) is 6.60. The van der Waals surface area contributed by atoms with Gasteiger partial charge in [0, 0.05) is 32.6 Å². The second-order valence-corrected chi connectivity index (χ2v) is 7.43. The highest BCUT2D eigenvalue weighted by Gasteiger charge is 2.47. The lowest BCUT2D eigenvalue weighted by atomic mass is 10.0. The van der Waals surface area contributed by atoms with Crippen LogP contribution in [0.2, 0.25) is 0 Å². The molecule has 2 atom stereocenters. The van der Waals surface area contributed by atoms with Gasteiger partial charge in [-0.2, -0.15) is 9.40 Å². The summed E-state index contributed by atoms with van der Waals surface area (Å²) in [6, 6.07) is 0. The first-order valence-corrected chi connectivity index (χ1v) is 8.04. The van der Waals surface area contributed by atoms with Crippen LogP contribution in [0.25, 0.3) is 0 Å². The van der Waals surface area contributed by atoms with Gasteiger partial charge in [-0.05, 0) is 13.8 Å². The van der Waals surface area contributed by atoms with Crippen LogP contribution >= 0.6 is 0 Å². The molecule has 2 aliphatic heterocycles. The molecule has 0 saturated carbocycles. The predicted molar refractivity (Wildman–Crippen MR) is 71.4 cm³/mol. The van der Waals surface area contributed by atoms with Crippen LogP contribution in [0.3, 0.4) is 0 Å². The summed E-state index contributed by atoms with van der Waals surface area (Å²) >= 11 is 0. The van der Waals surface area contributed by atoms with E-state index in [1.165, 1.54) is 4.31 Å². The maximum atomic E-state index is 12.8. The molecule has 2 saturated heterocycles. The van der Waals surface area contributed by atoms with Crippen LogP contribution in [0.15, 0.2) is 4.90 Å². The van der Waals surface area contributed by atoms with Crippen molar-refractivity contribution in [2.75, 3.05) is 19.6 Å². The molecular formula is C12H18N4O3S. The third-order valence-corrected chi connectivity index (χ3v) is 6.41. The fourth-order valence-electron chi connectivity index (χ4n) is 3.15. The summed E-state index contributed by atoms with van der Waals surface area (Å²) in [6.45, 7) is 4.69. The van der Waals surface area contributed by atoms with Crippen molar-refractivity contribution < 1.29 is 13.2 Å². The van der Waals surface area contributed by atoms with E-state index in [1.807, 2.05) is 0 Å². The molecule has 0 unspecified atom stereocenters. The fraction of sp³-hybridized carbons (Fsp3) is 0.667. The summed E-state index contributed by atoms with van der Waals surface area (Å²) in [6.07, 6.45) is 0. The first-order chi connectivity index (χ1) is 9.32. The van der Waals surface area contributed by atoms with E-state index >= 15 is 0 Å². The number of aryl methyl sites for hydroxylation is 2. The minimum Gasteiger partial charge on any atom is -0.355 e. The number of hydrogen-bond acceptors (Lipinski definition) is 4. The average molecular weight is 298 g/mol. The fourth-order valence-corrected chi connectivity index (χ4v) is 5.07. The van der Waals surface area contributed by atoms with E-state index in [-0.39, 0.29) is 29.2 Å². The second-order valence-electron chi connectivity index (χ2n) is 5.56. The Bertz CT molecular complexity index is 679. The van der Waals surface area contributed by atoms with Crippen LogP contribution in [0.4, 0.5) is 0 Å². The molecule has 0 radical (unpaired) electrons. The highest BCUT2D eigenvalue weighted by atomic mass is 32.2. The van der Waals surface area contributed by atoms with Crippen LogP contribution in [-0.2, 0) is 21.9 Å². The molecule has 20 heavy (non-hydrogen) atoms. The van der Waals surface area contributed by atoms with E-state index < -0.39 is 10.0 Å². The molecular weight excluding hydrogens is 280 g/mol. The molecule has 1 N–H and O–H groups in total. The van der Waals surface area contributed by atoms with Crippen molar-refractivity contribution in [2.24, 2.45) is 18.9 Å². The molecule has 2 aliphatic rings. The number of rotatable bonds is 2. The number of amides is 1. The Kier molecular flexibility index (Phi) is 2.91. The van der Waals surface area contributed by atoms with E-state index in [9.17, 15) is 13.2 Å². The lowest BCUT2D eigenvalue weighted by Gasteiger charge is -2.17. The van der Waals surface area contributed by atoms with Gasteiger partial charge in [-0.25, -0.2) is 8.42 Å². The molecule has 0 spiro atoms. The number of hydrogen-bond donors (Lipinski definition) is 1. The van der Waals surface area contributed by atoms with Crippen molar-refractivity contribution in [3.8, 4) is 0 Å². The minimum atomic E-state index is -3.57. The maximum absolute atomic E-state index is 12.8. The zero-order valence-electron chi connectivity index (χ0n) is 11.8. The predicted octanol–water partition coefficient (Wildman–Crippen LogP) is -0.597. The average Bonchev–Trinajstić information content (AvgIpc) is 2.98. The summed E-state index contributed by atoms with van der Waals surface area (Å²) in [7, 11) is -1.84. The molecule has 110 valence electrons. The molecule has 8 heteroatoms. The molecule has 0 aromatic carbocycles. The Morgan fingerprint density at radius 1 is 1.30 bits per heavy atom. The van der Waals surface area contributed by atoms with Crippen LogP contribution in [-0.4, -0.2) is 48.0 Å². The molecule has 7 nitrogen and oxygen atoms in total. The first kappa shape index (κ1) is 13.6. The number of aromatic nitrogens is 2. The summed E-state index contributed by atoms with van der Waals surface area (Å²) in [5, 5.41) is 6.95. The molecule has 0 bridgehead atoms. The monoisotopic (exact) mass is 298 g/mol. The standard InChI is InChI=1S/C12H18N4O3S/c1-7-11(8(2)15(3)14-7)20(18,19)16-5-9-4-13-12(17)10(9)6-16/h9-10H,4-6H2,1-3H3,(H,13,17)/t9-,10+/m0/s1. The van der Waals surface area contributed by atoms with E-state index in [0.717, 1.165) is 0 Å². The van der Waals surface area contributed by atoms with Gasteiger partial charge in [0.15, 0.2) is 0 Å². The van der Waals surface area contributed by atoms with Crippen LogP contribution in [0, 0.1) is 25.7 Å². The highest BCUT2D eigenvalue weighted by molar-refractivity contribution is 7.89. The lowest BCUT2D eigenvalue weighted by Crippen LogP contribution is -2.34. The summed E-state index contributed by atoms with van der Waals surface area (Å²) in [5.41, 5.74) is 1.13. The van der Waals surface area contributed by atoms with Gasteiger partial charge in [-0.1, -0.05) is 0 Å². The summed E-state index contributed by atoms with van der Waals surface area (Å²) < 4.78 is 28.5. The van der Waals surface area contributed by atoms with E-state index in [4.69, 9.17) is 0 Å². The van der Waals surface area contributed by atoms with Crippen LogP contribution < -0.4 is 5.32 Å². The Balaban J connectivity index is 1.96. The van der Waals surface area contributed by atoms with Gasteiger partial charge in [-0.15, -0.1) is 0 Å². The quantitative estimate of drug-likeness (QED) is 0.790. The third kappa shape index (κ3) is 1.78. The van der Waals surface area contributed by atoms with Crippen LogP contribution in [0.1, 0.15) is 11.4 Å². The van der Waals surface area contributed by atoms with Gasteiger partial charge in [0.2, 0.25) is 15.9 Å². The number of sulfonamides is 1. The van der Waals surface area contributed by atoms with Crippen LogP contribution in [0.5, 0.6) is 0 Å². The van der Waals surface area contributed by atoms with Crippen molar-refractivity contribution in [3.63, 3.8) is 0 Å². The summed E-state index contributed by atoms with van der Waals surface area (Å²) in [5.74, 6) is -0.149. The van der Waals surface area contributed by atoms with Crippen molar-refractivity contribution in [1.29, 1.82) is 0 Å². The molecule has 3 rings (SSSR count). The topological polar surface area (TPSA) is 84.3 Å². The minimum absolute atomic E-state index is 0.0349. The second kappa shape index (κ2) is 4.29. The molecule has 0 aliphatic carbocycles. The SMILES string of the molecule is Cc1nn(C)c(C)c1S(=O)(=O)N1C[C@@H]2CNC(=O)[C@@H]2C1. The van der Waals surface area contributed by atoms with E-state index in [2.05, 4.69) is 10.4 Å². The Morgan fingerprint density at radius 3 is 2.55 bits per heavy atom. The van der Waals surface area contributed by atoms with Crippen molar-refractivity contribution >= 4 is 15.9 Å². The van der Waals surface area contributed by atoms with Gasteiger partial charge in [-0.3, -0.25) is 9.48 Å². The number of nitrogens with zero attached hydrogens (tertiary/aromatic N) is 3. The highest BCUT2D eigenvalue weighted by Crippen LogP contribution is 2.33. The van der Waals surface area contributed by atoms with Gasteiger partial charge in [0.25, 0.3) is 0 Å². The normalized spacial score (nSPS) is 26.9. The third-order valence-electron chi connectivity index (χ3n) is 4.32. The van der Waals surface area contributed by atoms with Gasteiger partial charge < -0.3 is 5.32 Å². The molecule has 2 fully saturated rings. The van der Waals surface area contributed by atoms with E-state index in [1.54, 1.807) is 25.6 Å².